The van der Waals surface area contributed by atoms with Crippen molar-refractivity contribution in [1.82, 2.24) is 18.9 Å². The lowest BCUT2D eigenvalue weighted by atomic mass is 10.00. The zero-order chi connectivity index (χ0) is 26.3. The third-order valence-electron chi connectivity index (χ3n) is 6.69. The molecule has 1 saturated heterocycles. The van der Waals surface area contributed by atoms with E-state index in [1.807, 2.05) is 11.8 Å². The Balaban J connectivity index is 1.97. The Morgan fingerprint density at radius 2 is 1.86 bits per heavy atom. The predicted octanol–water partition coefficient (Wildman–Crippen LogP) is 4.32. The van der Waals surface area contributed by atoms with E-state index in [2.05, 4.69) is 0 Å². The lowest BCUT2D eigenvalue weighted by molar-refractivity contribution is -0.135. The molecule has 0 N–H and O–H groups in total. The molecule has 36 heavy (non-hydrogen) atoms. The summed E-state index contributed by atoms with van der Waals surface area (Å²) < 4.78 is 2.31. The van der Waals surface area contributed by atoms with Crippen molar-refractivity contribution >= 4 is 56.6 Å². The van der Waals surface area contributed by atoms with Gasteiger partial charge in [0.15, 0.2) is 0 Å². The summed E-state index contributed by atoms with van der Waals surface area (Å²) in [5.74, 6) is -0.461. The standard InChI is InChI=1S/C25H28Cl2N4O4S/c1-5-15-8-6-7-11-29(15)19(32)13-30-24-20(14(2)21(36-24)23(34)28(3)4)22(33)31(25(30)35)16-9-10-17(26)18(27)12-16/h9-10,12,15H,5-8,11,13H2,1-4H3/t15-/m0/s1. The molecule has 2 amide bonds. The molecule has 0 aliphatic carbocycles. The van der Waals surface area contributed by atoms with Crippen LogP contribution in [0.2, 0.25) is 10.0 Å². The molecule has 0 saturated carbocycles. The van der Waals surface area contributed by atoms with Crippen LogP contribution >= 0.6 is 34.5 Å². The van der Waals surface area contributed by atoms with Crippen LogP contribution in [-0.4, -0.2) is 57.4 Å². The molecule has 0 radical (unpaired) electrons. The monoisotopic (exact) mass is 550 g/mol. The zero-order valence-corrected chi connectivity index (χ0v) is 23.0. The number of piperidine rings is 1. The van der Waals surface area contributed by atoms with E-state index in [0.717, 1.165) is 41.6 Å². The molecule has 11 heteroatoms. The minimum absolute atomic E-state index is 0.120. The number of carbonyl (C=O) groups is 2. The van der Waals surface area contributed by atoms with Gasteiger partial charge in [0.1, 0.15) is 11.4 Å². The van der Waals surface area contributed by atoms with Crippen molar-refractivity contribution in [3.63, 3.8) is 0 Å². The Bertz CT molecular complexity index is 1470. The predicted molar refractivity (Wildman–Crippen MR) is 144 cm³/mol. The Labute approximate surface area is 222 Å². The number of carbonyl (C=O) groups excluding carboxylic acids is 2. The van der Waals surface area contributed by atoms with Crippen molar-refractivity contribution in [3.05, 3.63) is 59.5 Å². The van der Waals surface area contributed by atoms with Crippen LogP contribution in [0.3, 0.4) is 0 Å². The number of hydrogen-bond acceptors (Lipinski definition) is 5. The number of aryl methyl sites for hydroxylation is 1. The van der Waals surface area contributed by atoms with E-state index >= 15 is 0 Å². The summed E-state index contributed by atoms with van der Waals surface area (Å²) in [4.78, 5) is 57.7. The highest BCUT2D eigenvalue weighted by Crippen LogP contribution is 2.30. The molecule has 3 heterocycles. The van der Waals surface area contributed by atoms with Gasteiger partial charge in [0.05, 0.1) is 26.0 Å². The molecular formula is C25H28Cl2N4O4S. The molecule has 0 spiro atoms. The van der Waals surface area contributed by atoms with E-state index in [9.17, 15) is 19.2 Å². The normalized spacial score (nSPS) is 15.9. The van der Waals surface area contributed by atoms with Crippen LogP contribution in [0, 0.1) is 6.92 Å². The number of likely N-dealkylation sites (tertiary alicyclic amines) is 1. The van der Waals surface area contributed by atoms with Crippen molar-refractivity contribution in [2.24, 2.45) is 0 Å². The maximum absolute atomic E-state index is 13.8. The summed E-state index contributed by atoms with van der Waals surface area (Å²) in [6.07, 6.45) is 3.73. The fraction of sp³-hybridized carbons (Fsp3) is 0.440. The van der Waals surface area contributed by atoms with E-state index in [0.29, 0.717) is 21.8 Å². The largest absolute Gasteiger partial charge is 0.344 e. The van der Waals surface area contributed by atoms with Gasteiger partial charge in [-0.15, -0.1) is 11.3 Å². The number of amides is 2. The average molecular weight is 551 g/mol. The zero-order valence-electron chi connectivity index (χ0n) is 20.6. The second kappa shape index (κ2) is 10.4. The van der Waals surface area contributed by atoms with Gasteiger partial charge in [-0.1, -0.05) is 30.1 Å². The first-order chi connectivity index (χ1) is 17.1. The molecule has 192 valence electrons. The van der Waals surface area contributed by atoms with Gasteiger partial charge in [0, 0.05) is 26.7 Å². The molecular weight excluding hydrogens is 523 g/mol. The van der Waals surface area contributed by atoms with Gasteiger partial charge < -0.3 is 9.80 Å². The van der Waals surface area contributed by atoms with E-state index < -0.39 is 11.2 Å². The quantitative estimate of drug-likeness (QED) is 0.473. The highest BCUT2D eigenvalue weighted by atomic mass is 35.5. The first-order valence-electron chi connectivity index (χ1n) is 11.8. The summed E-state index contributed by atoms with van der Waals surface area (Å²) >= 11 is 13.3. The van der Waals surface area contributed by atoms with Gasteiger partial charge in [-0.3, -0.25) is 19.0 Å². The molecule has 0 bridgehead atoms. The molecule has 1 aromatic carbocycles. The summed E-state index contributed by atoms with van der Waals surface area (Å²) in [6.45, 7) is 4.13. The Hall–Kier alpha value is -2.62. The van der Waals surface area contributed by atoms with Crippen molar-refractivity contribution in [1.29, 1.82) is 0 Å². The van der Waals surface area contributed by atoms with Gasteiger partial charge in [-0.2, -0.15) is 0 Å². The Morgan fingerprint density at radius 1 is 1.14 bits per heavy atom. The molecule has 0 unspecified atom stereocenters. The smallest absolute Gasteiger partial charge is 0.337 e. The van der Waals surface area contributed by atoms with Gasteiger partial charge in [-0.05, 0) is 56.4 Å². The molecule has 2 aromatic heterocycles. The van der Waals surface area contributed by atoms with Crippen molar-refractivity contribution in [2.45, 2.75) is 52.1 Å². The number of thiophene rings is 1. The number of benzene rings is 1. The molecule has 1 atom stereocenters. The molecule has 1 aliphatic rings. The van der Waals surface area contributed by atoms with E-state index in [1.165, 1.54) is 27.7 Å². The molecule has 3 aromatic rings. The fourth-order valence-electron chi connectivity index (χ4n) is 4.72. The van der Waals surface area contributed by atoms with E-state index in [-0.39, 0.29) is 45.5 Å². The highest BCUT2D eigenvalue weighted by molar-refractivity contribution is 7.20. The van der Waals surface area contributed by atoms with Crippen LogP contribution in [0.4, 0.5) is 0 Å². The number of rotatable bonds is 5. The molecule has 1 aliphatic heterocycles. The van der Waals surface area contributed by atoms with Crippen LogP contribution in [0.15, 0.2) is 27.8 Å². The number of nitrogens with zero attached hydrogens (tertiary/aromatic N) is 4. The second-order valence-electron chi connectivity index (χ2n) is 9.19. The van der Waals surface area contributed by atoms with Crippen molar-refractivity contribution < 1.29 is 9.59 Å². The molecule has 8 nitrogen and oxygen atoms in total. The Kier molecular flexibility index (Phi) is 7.64. The topological polar surface area (TPSA) is 84.6 Å². The first kappa shape index (κ1) is 26.4. The van der Waals surface area contributed by atoms with Crippen LogP contribution in [-0.2, 0) is 11.3 Å². The number of aromatic nitrogens is 2. The highest BCUT2D eigenvalue weighted by Gasteiger charge is 2.29. The second-order valence-corrected chi connectivity index (χ2v) is 11.0. The van der Waals surface area contributed by atoms with Gasteiger partial charge in [0.2, 0.25) is 5.91 Å². The van der Waals surface area contributed by atoms with Gasteiger partial charge in [-0.25, -0.2) is 9.36 Å². The summed E-state index contributed by atoms with van der Waals surface area (Å²) in [5, 5.41) is 0.702. The summed E-state index contributed by atoms with van der Waals surface area (Å²) in [7, 11) is 3.25. The van der Waals surface area contributed by atoms with Crippen LogP contribution in [0.25, 0.3) is 15.9 Å². The van der Waals surface area contributed by atoms with Crippen molar-refractivity contribution in [3.8, 4) is 5.69 Å². The lowest BCUT2D eigenvalue weighted by Crippen LogP contribution is -2.47. The van der Waals surface area contributed by atoms with Crippen molar-refractivity contribution in [2.75, 3.05) is 20.6 Å². The van der Waals surface area contributed by atoms with Crippen LogP contribution in [0.1, 0.15) is 47.8 Å². The van der Waals surface area contributed by atoms with Gasteiger partial charge >= 0.3 is 5.69 Å². The minimum atomic E-state index is -0.672. The SMILES string of the molecule is CC[C@H]1CCCCN1C(=O)Cn1c(=O)n(-c2ccc(Cl)c(Cl)c2)c(=O)c2c(C)c(C(=O)N(C)C)sc21. The maximum Gasteiger partial charge on any atom is 0.337 e. The first-order valence-corrected chi connectivity index (χ1v) is 13.4. The summed E-state index contributed by atoms with van der Waals surface area (Å²) in [5.41, 5.74) is -0.543. The third kappa shape index (κ3) is 4.60. The third-order valence-corrected chi connectivity index (χ3v) is 8.73. The van der Waals surface area contributed by atoms with E-state index in [4.69, 9.17) is 23.2 Å². The number of hydrogen-bond donors (Lipinski definition) is 0. The Morgan fingerprint density at radius 3 is 2.50 bits per heavy atom. The molecule has 4 rings (SSSR count). The number of fused-ring (bicyclic) bond motifs is 1. The van der Waals surface area contributed by atoms with E-state index in [1.54, 1.807) is 21.0 Å². The molecule has 1 fully saturated rings. The number of halogens is 2. The van der Waals surface area contributed by atoms with Crippen LogP contribution in [0.5, 0.6) is 0 Å². The minimum Gasteiger partial charge on any atom is -0.344 e. The van der Waals surface area contributed by atoms with Crippen LogP contribution < -0.4 is 11.2 Å². The summed E-state index contributed by atoms with van der Waals surface area (Å²) in [6, 6.07) is 4.59. The average Bonchev–Trinajstić information content (AvgIpc) is 3.20. The maximum atomic E-state index is 13.8. The van der Waals surface area contributed by atoms with Gasteiger partial charge in [0.25, 0.3) is 11.5 Å². The fourth-order valence-corrected chi connectivity index (χ4v) is 6.33. The lowest BCUT2D eigenvalue weighted by Gasteiger charge is -2.35.